The fourth-order valence-corrected chi connectivity index (χ4v) is 2.36. The van der Waals surface area contributed by atoms with Crippen LogP contribution in [0.3, 0.4) is 0 Å². The summed E-state index contributed by atoms with van der Waals surface area (Å²) in [5.41, 5.74) is 0.110. The molecule has 2 rings (SSSR count). The van der Waals surface area contributed by atoms with E-state index >= 15 is 0 Å². The van der Waals surface area contributed by atoms with Crippen LogP contribution in [0, 0.1) is 16.0 Å². The number of non-ortho nitro benzene ring substituents is 1. The third-order valence-electron chi connectivity index (χ3n) is 3.01. The second-order valence-corrected chi connectivity index (χ2v) is 6.24. The maximum atomic E-state index is 11.3. The summed E-state index contributed by atoms with van der Waals surface area (Å²) in [4.78, 5) is 9.87. The molecule has 0 amide bonds. The van der Waals surface area contributed by atoms with E-state index < -0.39 is 14.9 Å². The number of hydrogen-bond acceptors (Lipinski definition) is 5. The van der Waals surface area contributed by atoms with E-state index in [9.17, 15) is 18.5 Å². The molecule has 8 heteroatoms. The summed E-state index contributed by atoms with van der Waals surface area (Å²) >= 11 is 0. The van der Waals surface area contributed by atoms with Gasteiger partial charge in [-0.05, 0) is 18.4 Å². The number of nitro benzene ring substituents is 1. The predicted octanol–water partition coefficient (Wildman–Crippen LogP) is 1.45. The third-order valence-corrected chi connectivity index (χ3v) is 3.90. The van der Waals surface area contributed by atoms with Crippen LogP contribution in [-0.2, 0) is 10.0 Å². The maximum absolute atomic E-state index is 11.3. The normalized spacial score (nSPS) is 15.2. The minimum atomic E-state index is -3.95. The average Bonchev–Trinajstić information content (AvgIpc) is 3.11. The van der Waals surface area contributed by atoms with Crippen LogP contribution in [0.1, 0.15) is 19.3 Å². The summed E-state index contributed by atoms with van der Waals surface area (Å²) in [5.74, 6) is 0.726. The molecule has 7 nitrogen and oxygen atoms in total. The van der Waals surface area contributed by atoms with Crippen molar-refractivity contribution in [3.8, 4) is 0 Å². The van der Waals surface area contributed by atoms with E-state index in [4.69, 9.17) is 5.14 Å². The second-order valence-electron chi connectivity index (χ2n) is 4.68. The molecule has 104 valence electrons. The van der Waals surface area contributed by atoms with Crippen LogP contribution in [0.4, 0.5) is 11.4 Å². The van der Waals surface area contributed by atoms with Crippen molar-refractivity contribution in [3.63, 3.8) is 0 Å². The van der Waals surface area contributed by atoms with E-state index in [1.807, 2.05) is 0 Å². The molecule has 1 saturated carbocycles. The van der Waals surface area contributed by atoms with Gasteiger partial charge in [0, 0.05) is 24.4 Å². The van der Waals surface area contributed by atoms with Crippen molar-refractivity contribution in [1.29, 1.82) is 0 Å². The summed E-state index contributed by atoms with van der Waals surface area (Å²) in [6, 6.07) is 3.58. The average molecular weight is 285 g/mol. The van der Waals surface area contributed by atoms with Crippen molar-refractivity contribution in [1.82, 2.24) is 0 Å². The van der Waals surface area contributed by atoms with E-state index in [2.05, 4.69) is 5.32 Å². The molecule has 1 aliphatic rings. The number of hydrogen-bond donors (Lipinski definition) is 2. The zero-order valence-electron chi connectivity index (χ0n) is 10.2. The van der Waals surface area contributed by atoms with Crippen LogP contribution in [0.2, 0.25) is 0 Å². The van der Waals surface area contributed by atoms with E-state index in [1.54, 1.807) is 0 Å². The summed E-state index contributed by atoms with van der Waals surface area (Å²) < 4.78 is 22.6. The second kappa shape index (κ2) is 5.14. The van der Waals surface area contributed by atoms with E-state index in [-0.39, 0.29) is 10.6 Å². The molecule has 0 unspecified atom stereocenters. The summed E-state index contributed by atoms with van der Waals surface area (Å²) in [6.07, 6.45) is 3.42. The highest BCUT2D eigenvalue weighted by Crippen LogP contribution is 2.32. The first kappa shape index (κ1) is 13.8. The number of sulfonamides is 1. The topological polar surface area (TPSA) is 115 Å². The zero-order valence-corrected chi connectivity index (χ0v) is 11.0. The van der Waals surface area contributed by atoms with Gasteiger partial charge in [0.1, 0.15) is 0 Å². The minimum Gasteiger partial charge on any atom is -0.385 e. The monoisotopic (exact) mass is 285 g/mol. The zero-order chi connectivity index (χ0) is 14.0. The molecule has 0 heterocycles. The highest BCUT2D eigenvalue weighted by molar-refractivity contribution is 7.89. The van der Waals surface area contributed by atoms with Gasteiger partial charge < -0.3 is 5.32 Å². The molecule has 0 saturated heterocycles. The maximum Gasteiger partial charge on any atom is 0.272 e. The van der Waals surface area contributed by atoms with Gasteiger partial charge in [-0.3, -0.25) is 10.1 Å². The van der Waals surface area contributed by atoms with Crippen LogP contribution < -0.4 is 10.5 Å². The van der Waals surface area contributed by atoms with Crippen molar-refractivity contribution in [2.75, 3.05) is 11.9 Å². The van der Waals surface area contributed by atoms with Crippen LogP contribution in [-0.4, -0.2) is 19.9 Å². The standard InChI is InChI=1S/C11H15N3O4S/c12-19(17,18)11-6-9(5-10(7-11)14(15)16)13-4-3-8-1-2-8/h5-8,13H,1-4H2,(H2,12,17,18). The smallest absolute Gasteiger partial charge is 0.272 e. The lowest BCUT2D eigenvalue weighted by atomic mass is 10.2. The molecule has 1 aromatic rings. The Morgan fingerprint density at radius 2 is 2.05 bits per heavy atom. The quantitative estimate of drug-likeness (QED) is 0.606. The van der Waals surface area contributed by atoms with Gasteiger partial charge in [0.05, 0.1) is 9.82 Å². The van der Waals surface area contributed by atoms with Crippen LogP contribution in [0.25, 0.3) is 0 Å². The number of rotatable bonds is 6. The Hall–Kier alpha value is -1.67. The van der Waals surface area contributed by atoms with E-state index in [1.165, 1.54) is 25.0 Å². The molecule has 0 aromatic heterocycles. The molecule has 0 aliphatic heterocycles. The van der Waals surface area contributed by atoms with Crippen molar-refractivity contribution in [2.45, 2.75) is 24.2 Å². The molecule has 0 bridgehead atoms. The number of nitrogens with zero attached hydrogens (tertiary/aromatic N) is 1. The molecule has 1 fully saturated rings. The molecular formula is C11H15N3O4S. The Morgan fingerprint density at radius 1 is 1.37 bits per heavy atom. The molecule has 1 aromatic carbocycles. The highest BCUT2D eigenvalue weighted by Gasteiger charge is 2.21. The van der Waals surface area contributed by atoms with Crippen LogP contribution in [0.5, 0.6) is 0 Å². The number of nitro groups is 1. The number of nitrogens with one attached hydrogen (secondary N) is 1. The van der Waals surface area contributed by atoms with E-state index in [0.29, 0.717) is 12.2 Å². The van der Waals surface area contributed by atoms with Gasteiger partial charge in [0.25, 0.3) is 5.69 Å². The van der Waals surface area contributed by atoms with Crippen LogP contribution >= 0.6 is 0 Å². The number of benzene rings is 1. The lowest BCUT2D eigenvalue weighted by molar-refractivity contribution is -0.385. The van der Waals surface area contributed by atoms with Crippen LogP contribution in [0.15, 0.2) is 23.1 Å². The van der Waals surface area contributed by atoms with Gasteiger partial charge in [0.15, 0.2) is 0 Å². The van der Waals surface area contributed by atoms with Gasteiger partial charge in [0.2, 0.25) is 10.0 Å². The van der Waals surface area contributed by atoms with Gasteiger partial charge in [-0.2, -0.15) is 0 Å². The molecule has 1 aliphatic carbocycles. The Kier molecular flexibility index (Phi) is 3.72. The minimum absolute atomic E-state index is 0.254. The Balaban J connectivity index is 2.20. The van der Waals surface area contributed by atoms with Crippen molar-refractivity contribution in [3.05, 3.63) is 28.3 Å². The lowest BCUT2D eigenvalue weighted by Crippen LogP contribution is -2.13. The number of anilines is 1. The van der Waals surface area contributed by atoms with Crippen molar-refractivity contribution >= 4 is 21.4 Å². The molecule has 0 radical (unpaired) electrons. The van der Waals surface area contributed by atoms with Crippen molar-refractivity contribution < 1.29 is 13.3 Å². The Labute approximate surface area is 111 Å². The molecule has 3 N–H and O–H groups in total. The van der Waals surface area contributed by atoms with Crippen molar-refractivity contribution in [2.24, 2.45) is 11.1 Å². The molecule has 19 heavy (non-hydrogen) atoms. The highest BCUT2D eigenvalue weighted by atomic mass is 32.2. The SMILES string of the molecule is NS(=O)(=O)c1cc(NCCC2CC2)cc([N+](=O)[O-])c1. The third kappa shape index (κ3) is 3.90. The first-order valence-electron chi connectivity index (χ1n) is 5.92. The summed E-state index contributed by atoms with van der Waals surface area (Å²) in [7, 11) is -3.95. The first-order valence-corrected chi connectivity index (χ1v) is 7.47. The Morgan fingerprint density at radius 3 is 2.58 bits per heavy atom. The fourth-order valence-electron chi connectivity index (χ4n) is 1.78. The Bertz CT molecular complexity index is 596. The summed E-state index contributed by atoms with van der Waals surface area (Å²) in [6.45, 7) is 0.663. The fraction of sp³-hybridized carbons (Fsp3) is 0.455. The largest absolute Gasteiger partial charge is 0.385 e. The predicted molar refractivity (Wildman–Crippen MR) is 70.3 cm³/mol. The van der Waals surface area contributed by atoms with E-state index in [0.717, 1.165) is 18.4 Å². The lowest BCUT2D eigenvalue weighted by Gasteiger charge is -2.07. The first-order chi connectivity index (χ1) is 8.86. The summed E-state index contributed by atoms with van der Waals surface area (Å²) in [5, 5.41) is 18.8. The molecule has 0 atom stereocenters. The van der Waals surface area contributed by atoms with Gasteiger partial charge in [-0.25, -0.2) is 13.6 Å². The molecule has 0 spiro atoms. The van der Waals surface area contributed by atoms with Gasteiger partial charge >= 0.3 is 0 Å². The number of nitrogens with two attached hydrogens (primary N) is 1. The van der Waals surface area contributed by atoms with Gasteiger partial charge in [-0.1, -0.05) is 12.8 Å². The molecular weight excluding hydrogens is 270 g/mol. The number of primary sulfonamides is 1. The van der Waals surface area contributed by atoms with Gasteiger partial charge in [-0.15, -0.1) is 0 Å².